The van der Waals surface area contributed by atoms with Gasteiger partial charge in [0.1, 0.15) is 23.9 Å². The van der Waals surface area contributed by atoms with Crippen LogP contribution >= 0.6 is 0 Å². The number of rotatable bonds is 4. The van der Waals surface area contributed by atoms with Gasteiger partial charge in [0.2, 0.25) is 0 Å². The van der Waals surface area contributed by atoms with Crippen molar-refractivity contribution in [1.29, 1.82) is 0 Å². The summed E-state index contributed by atoms with van der Waals surface area (Å²) >= 11 is 0. The summed E-state index contributed by atoms with van der Waals surface area (Å²) < 4.78 is 24.0. The molecular weight excluding hydrogens is 269 g/mol. The minimum absolute atomic E-state index is 0.264. The van der Waals surface area contributed by atoms with E-state index in [-0.39, 0.29) is 19.0 Å². The first-order valence-corrected chi connectivity index (χ1v) is 6.47. The second-order valence-electron chi connectivity index (χ2n) is 4.29. The van der Waals surface area contributed by atoms with Gasteiger partial charge in [-0.1, -0.05) is 24.0 Å². The lowest BCUT2D eigenvalue weighted by Gasteiger charge is -2.10. The van der Waals surface area contributed by atoms with E-state index in [1.165, 1.54) is 12.1 Å². The molecule has 0 radical (unpaired) electrons. The van der Waals surface area contributed by atoms with Crippen LogP contribution in [0, 0.1) is 17.7 Å². The van der Waals surface area contributed by atoms with E-state index in [0.29, 0.717) is 17.1 Å². The van der Waals surface area contributed by atoms with Crippen molar-refractivity contribution in [3.63, 3.8) is 0 Å². The lowest BCUT2D eigenvalue weighted by molar-refractivity contribution is 0.304. The molecule has 0 aliphatic carbocycles. The van der Waals surface area contributed by atoms with Crippen LogP contribution in [0.2, 0.25) is 0 Å². The molecule has 0 saturated heterocycles. The number of hydrogen-bond acceptors (Lipinski definition) is 3. The first kappa shape index (κ1) is 14.9. The molecule has 0 aliphatic rings. The predicted molar refractivity (Wildman–Crippen MR) is 79.7 cm³/mol. The molecule has 0 aromatic heterocycles. The molecule has 0 spiro atoms. The summed E-state index contributed by atoms with van der Waals surface area (Å²) in [6.45, 7) is 0.530. The Morgan fingerprint density at radius 2 is 2.05 bits per heavy atom. The molecule has 2 aromatic carbocycles. The Hall–Kier alpha value is -2.51. The molecule has 0 saturated carbocycles. The van der Waals surface area contributed by atoms with Gasteiger partial charge < -0.3 is 15.2 Å². The van der Waals surface area contributed by atoms with Crippen LogP contribution in [-0.2, 0) is 6.61 Å². The average molecular weight is 285 g/mol. The Kier molecular flexibility index (Phi) is 5.19. The van der Waals surface area contributed by atoms with Gasteiger partial charge >= 0.3 is 0 Å². The number of benzene rings is 2. The second kappa shape index (κ2) is 7.32. The van der Waals surface area contributed by atoms with Crippen LogP contribution in [0.15, 0.2) is 42.5 Å². The zero-order valence-electron chi connectivity index (χ0n) is 11.7. The molecule has 0 unspecified atom stereocenters. The molecule has 0 amide bonds. The largest absolute Gasteiger partial charge is 0.497 e. The smallest absolute Gasteiger partial charge is 0.135 e. The lowest BCUT2D eigenvalue weighted by Crippen LogP contribution is -1.99. The van der Waals surface area contributed by atoms with Gasteiger partial charge in [0.15, 0.2) is 0 Å². The fourth-order valence-corrected chi connectivity index (χ4v) is 1.79. The molecule has 2 rings (SSSR count). The molecule has 2 aromatic rings. The Labute approximate surface area is 123 Å². The van der Waals surface area contributed by atoms with Gasteiger partial charge in [-0.3, -0.25) is 0 Å². The molecule has 0 atom stereocenters. The van der Waals surface area contributed by atoms with Crippen molar-refractivity contribution in [2.45, 2.75) is 6.61 Å². The van der Waals surface area contributed by atoms with Gasteiger partial charge in [0.05, 0.1) is 19.2 Å². The average Bonchev–Trinajstić information content (AvgIpc) is 2.51. The van der Waals surface area contributed by atoms with E-state index in [1.54, 1.807) is 37.4 Å². The van der Waals surface area contributed by atoms with Crippen molar-refractivity contribution < 1.29 is 13.9 Å². The van der Waals surface area contributed by atoms with E-state index < -0.39 is 0 Å². The van der Waals surface area contributed by atoms with Crippen LogP contribution in [0.3, 0.4) is 0 Å². The highest BCUT2D eigenvalue weighted by Crippen LogP contribution is 2.24. The first-order chi connectivity index (χ1) is 10.2. The predicted octanol–water partition coefficient (Wildman–Crippen LogP) is 2.72. The Morgan fingerprint density at radius 1 is 1.19 bits per heavy atom. The van der Waals surface area contributed by atoms with E-state index >= 15 is 0 Å². The van der Waals surface area contributed by atoms with E-state index in [4.69, 9.17) is 15.2 Å². The van der Waals surface area contributed by atoms with Gasteiger partial charge in [0.25, 0.3) is 0 Å². The maximum atomic E-state index is 13.1. The normalized spacial score (nSPS) is 9.67. The van der Waals surface area contributed by atoms with E-state index in [0.717, 1.165) is 5.56 Å². The third-order valence-electron chi connectivity index (χ3n) is 2.80. The van der Waals surface area contributed by atoms with Crippen LogP contribution in [0.4, 0.5) is 4.39 Å². The highest BCUT2D eigenvalue weighted by atomic mass is 19.1. The fourth-order valence-electron chi connectivity index (χ4n) is 1.79. The van der Waals surface area contributed by atoms with Gasteiger partial charge in [-0.25, -0.2) is 4.39 Å². The molecule has 0 fully saturated rings. The quantitative estimate of drug-likeness (QED) is 0.878. The lowest BCUT2D eigenvalue weighted by atomic mass is 10.2. The highest BCUT2D eigenvalue weighted by molar-refractivity contribution is 5.50. The van der Waals surface area contributed by atoms with Crippen molar-refractivity contribution in [3.05, 3.63) is 59.4 Å². The molecule has 2 N–H and O–H groups in total. The summed E-state index contributed by atoms with van der Waals surface area (Å²) in [6.07, 6.45) is 0. The summed E-state index contributed by atoms with van der Waals surface area (Å²) in [7, 11) is 1.59. The van der Waals surface area contributed by atoms with Crippen molar-refractivity contribution in [1.82, 2.24) is 0 Å². The van der Waals surface area contributed by atoms with Crippen molar-refractivity contribution in [3.8, 4) is 23.3 Å². The summed E-state index contributed by atoms with van der Waals surface area (Å²) in [5, 5.41) is 0. The minimum atomic E-state index is -0.283. The molecule has 3 nitrogen and oxygen atoms in total. The van der Waals surface area contributed by atoms with Crippen molar-refractivity contribution in [2.24, 2.45) is 5.73 Å². The van der Waals surface area contributed by atoms with Crippen LogP contribution < -0.4 is 15.2 Å². The molecule has 4 heteroatoms. The summed E-state index contributed by atoms with van der Waals surface area (Å²) in [6, 6.07) is 11.6. The van der Waals surface area contributed by atoms with E-state index in [9.17, 15) is 4.39 Å². The van der Waals surface area contributed by atoms with E-state index in [1.807, 2.05) is 0 Å². The molecule has 0 aliphatic heterocycles. The van der Waals surface area contributed by atoms with Crippen molar-refractivity contribution >= 4 is 0 Å². The number of nitrogens with two attached hydrogens (primary N) is 1. The van der Waals surface area contributed by atoms with Gasteiger partial charge in [-0.2, -0.15) is 0 Å². The van der Waals surface area contributed by atoms with Gasteiger partial charge in [-0.05, 0) is 35.9 Å². The number of ether oxygens (including phenoxy) is 2. The third-order valence-corrected chi connectivity index (χ3v) is 2.80. The third kappa shape index (κ3) is 4.23. The van der Waals surface area contributed by atoms with Gasteiger partial charge in [-0.15, -0.1) is 0 Å². The SMILES string of the molecule is COc1ccc(OCc2cccc(F)c2)c(C#CCN)c1. The molecule has 0 bridgehead atoms. The van der Waals surface area contributed by atoms with Crippen LogP contribution in [0.5, 0.6) is 11.5 Å². The maximum absolute atomic E-state index is 13.1. The summed E-state index contributed by atoms with van der Waals surface area (Å²) in [5.74, 6) is 6.74. The van der Waals surface area contributed by atoms with Gasteiger partial charge in [0, 0.05) is 0 Å². The minimum Gasteiger partial charge on any atom is -0.497 e. The van der Waals surface area contributed by atoms with Crippen LogP contribution in [0.1, 0.15) is 11.1 Å². The zero-order chi connectivity index (χ0) is 15.1. The molecule has 108 valence electrons. The second-order valence-corrected chi connectivity index (χ2v) is 4.29. The molecule has 0 heterocycles. The summed E-state index contributed by atoms with van der Waals surface area (Å²) in [4.78, 5) is 0. The zero-order valence-corrected chi connectivity index (χ0v) is 11.7. The fraction of sp³-hybridized carbons (Fsp3) is 0.176. The Morgan fingerprint density at radius 3 is 2.76 bits per heavy atom. The maximum Gasteiger partial charge on any atom is 0.135 e. The number of methoxy groups -OCH3 is 1. The summed E-state index contributed by atoms with van der Waals surface area (Å²) in [5.41, 5.74) is 6.84. The van der Waals surface area contributed by atoms with Crippen molar-refractivity contribution in [2.75, 3.05) is 13.7 Å². The number of hydrogen-bond donors (Lipinski definition) is 1. The van der Waals surface area contributed by atoms with Crippen LogP contribution in [0.25, 0.3) is 0 Å². The first-order valence-electron chi connectivity index (χ1n) is 6.47. The Bertz CT molecular complexity index is 674. The Balaban J connectivity index is 2.18. The monoisotopic (exact) mass is 285 g/mol. The molecule has 21 heavy (non-hydrogen) atoms. The molecular formula is C17H16FNO2. The highest BCUT2D eigenvalue weighted by Gasteiger charge is 2.05. The van der Waals surface area contributed by atoms with E-state index in [2.05, 4.69) is 11.8 Å². The topological polar surface area (TPSA) is 44.5 Å². The van der Waals surface area contributed by atoms with Crippen LogP contribution in [-0.4, -0.2) is 13.7 Å². The standard InChI is InChI=1S/C17H16FNO2/c1-20-16-7-8-17(14(11-16)5-3-9-19)21-12-13-4-2-6-15(18)10-13/h2,4,6-8,10-11H,9,12,19H2,1H3. The number of halogens is 1.